The number of rotatable bonds is 6. The van der Waals surface area contributed by atoms with Crippen LogP contribution in [0, 0.1) is 0 Å². The van der Waals surface area contributed by atoms with Crippen LogP contribution in [0.25, 0.3) is 33.4 Å². The third-order valence-electron chi connectivity index (χ3n) is 19.3. The SMILES string of the molecule is CC(C)(C)c1ccc(-c2ccccc2N2c3cc(N4c5ccc(-c6ccccc6)cc5C5(C)CCCCC45C)cc4c3B3c5c2cccc5C(C)(C)c2cccc(c23)N4c2ccccc2-c2ccc(C(C)(C)C)cc2)cc1. The highest BCUT2D eigenvalue weighted by molar-refractivity contribution is 7.01. The first-order valence-electron chi connectivity index (χ1n) is 28.4. The highest BCUT2D eigenvalue weighted by Gasteiger charge is 2.59. The van der Waals surface area contributed by atoms with Crippen molar-refractivity contribution < 1.29 is 0 Å². The molecule has 14 rings (SSSR count). The minimum absolute atomic E-state index is 0.0262. The van der Waals surface area contributed by atoms with Crippen molar-refractivity contribution in [2.24, 2.45) is 0 Å². The third-order valence-corrected chi connectivity index (χ3v) is 19.3. The Balaban J connectivity index is 1.09. The van der Waals surface area contributed by atoms with Gasteiger partial charge in [0.05, 0.1) is 16.9 Å². The van der Waals surface area contributed by atoms with Gasteiger partial charge in [-0.3, -0.25) is 0 Å². The molecule has 9 aromatic rings. The summed E-state index contributed by atoms with van der Waals surface area (Å²) in [7, 11) is 0. The number of nitrogens with zero attached hydrogens (tertiary/aromatic N) is 3. The van der Waals surface area contributed by atoms with Crippen molar-refractivity contribution >= 4 is 68.6 Å². The van der Waals surface area contributed by atoms with Gasteiger partial charge in [-0.1, -0.05) is 221 Å². The van der Waals surface area contributed by atoms with E-state index in [0.717, 1.165) is 12.8 Å². The van der Waals surface area contributed by atoms with E-state index in [9.17, 15) is 0 Å². The number of anilines is 8. The second-order valence-corrected chi connectivity index (χ2v) is 26.0. The monoisotopic (exact) mass is 1000 g/mol. The molecule has 0 N–H and O–H groups in total. The average Bonchev–Trinajstić information content (AvgIpc) is 3.86. The predicted octanol–water partition coefficient (Wildman–Crippen LogP) is 17.7. The van der Waals surface area contributed by atoms with Crippen LogP contribution < -0.4 is 31.1 Å². The zero-order valence-corrected chi connectivity index (χ0v) is 46.7. The molecule has 1 fully saturated rings. The Kier molecular flexibility index (Phi) is 10.4. The number of hydrogen-bond donors (Lipinski definition) is 0. The van der Waals surface area contributed by atoms with Crippen LogP contribution in [0.15, 0.2) is 194 Å². The summed E-state index contributed by atoms with van der Waals surface area (Å²) in [5, 5.41) is 0. The van der Waals surface area contributed by atoms with Gasteiger partial charge in [-0.05, 0) is 146 Å². The molecule has 9 aromatic carbocycles. The average molecular weight is 1000 g/mol. The molecule has 2 atom stereocenters. The molecule has 1 aliphatic carbocycles. The number of benzene rings is 9. The molecular formula is C73H70BN3. The Labute approximate surface area is 458 Å². The van der Waals surface area contributed by atoms with Crippen LogP contribution in [0.5, 0.6) is 0 Å². The van der Waals surface area contributed by atoms with Crippen molar-refractivity contribution in [3.8, 4) is 33.4 Å². The molecule has 3 nitrogen and oxygen atoms in total. The van der Waals surface area contributed by atoms with E-state index in [4.69, 9.17) is 0 Å². The number of fused-ring (bicyclic) bond motifs is 3. The smallest absolute Gasteiger partial charge is 0.252 e. The van der Waals surface area contributed by atoms with Gasteiger partial charge in [0.1, 0.15) is 0 Å². The zero-order chi connectivity index (χ0) is 53.0. The van der Waals surface area contributed by atoms with E-state index in [1.165, 1.54) is 136 Å². The largest absolute Gasteiger partial charge is 0.334 e. The molecule has 4 aliphatic heterocycles. The summed E-state index contributed by atoms with van der Waals surface area (Å²) in [6, 6.07) is 75.2. The summed E-state index contributed by atoms with van der Waals surface area (Å²) in [6.45, 7) is 24.0. The predicted molar refractivity (Wildman–Crippen MR) is 329 cm³/mol. The molecule has 0 amide bonds. The lowest BCUT2D eigenvalue weighted by molar-refractivity contribution is 0.195. The Morgan fingerprint density at radius 1 is 0.377 bits per heavy atom. The van der Waals surface area contributed by atoms with Gasteiger partial charge in [0.2, 0.25) is 0 Å². The second kappa shape index (κ2) is 16.7. The van der Waals surface area contributed by atoms with Crippen LogP contribution >= 0.6 is 0 Å². The van der Waals surface area contributed by atoms with Crippen LogP contribution in [0.2, 0.25) is 0 Å². The van der Waals surface area contributed by atoms with Gasteiger partial charge in [0, 0.05) is 56.1 Å². The normalized spacial score (nSPS) is 19.5. The quantitative estimate of drug-likeness (QED) is 0.154. The molecule has 77 heavy (non-hydrogen) atoms. The highest BCUT2D eigenvalue weighted by atomic mass is 15.3. The van der Waals surface area contributed by atoms with Gasteiger partial charge < -0.3 is 14.7 Å². The zero-order valence-electron chi connectivity index (χ0n) is 46.7. The van der Waals surface area contributed by atoms with E-state index in [1.54, 1.807) is 0 Å². The van der Waals surface area contributed by atoms with Crippen LogP contribution in [-0.2, 0) is 21.7 Å². The van der Waals surface area contributed by atoms with Crippen molar-refractivity contribution in [2.45, 2.75) is 122 Å². The van der Waals surface area contributed by atoms with E-state index < -0.39 is 0 Å². The molecular weight excluding hydrogens is 930 g/mol. The van der Waals surface area contributed by atoms with Crippen LogP contribution in [0.1, 0.15) is 123 Å². The molecule has 0 spiro atoms. The maximum atomic E-state index is 2.82. The summed E-state index contributed by atoms with van der Waals surface area (Å²) < 4.78 is 0. The standard InChI is InChI=1S/C73H70BN3/c1-69(2,3)51-37-32-48(33-38-51)54-24-14-16-28-59(54)75-62-30-20-26-56-66(62)74-67-57(71(56,7)8)27-21-31-63(67)76(60-29-17-15-25-55(60)49-34-39-52(40-35-49)70(4,5)6)65-46-53(45-64(75)68(65)74)77-61-41-36-50(47-22-12-11-13-23-47)44-58(61)72(9)42-18-19-43-73(72,77)10/h11-17,20-41,44-46H,18-19,42-43H2,1-10H3. The van der Waals surface area contributed by atoms with Gasteiger partial charge >= 0.3 is 0 Å². The third kappa shape index (κ3) is 6.89. The minimum atomic E-state index is -0.262. The molecule has 4 heteroatoms. The van der Waals surface area contributed by atoms with Crippen LogP contribution in [0.4, 0.5) is 45.5 Å². The Hall–Kier alpha value is -7.56. The minimum Gasteiger partial charge on any atom is -0.334 e. The van der Waals surface area contributed by atoms with Gasteiger partial charge in [0.25, 0.3) is 6.71 Å². The first-order valence-corrected chi connectivity index (χ1v) is 28.4. The van der Waals surface area contributed by atoms with E-state index in [0.29, 0.717) is 0 Å². The topological polar surface area (TPSA) is 9.72 Å². The number of hydrogen-bond acceptors (Lipinski definition) is 3. The fourth-order valence-corrected chi connectivity index (χ4v) is 15.0. The molecule has 4 heterocycles. The van der Waals surface area contributed by atoms with Gasteiger partial charge in [-0.2, -0.15) is 0 Å². The molecule has 0 bridgehead atoms. The molecule has 5 aliphatic rings. The molecule has 380 valence electrons. The molecule has 2 unspecified atom stereocenters. The first-order chi connectivity index (χ1) is 37.0. The summed E-state index contributed by atoms with van der Waals surface area (Å²) in [5.41, 5.74) is 28.2. The lowest BCUT2D eigenvalue weighted by atomic mass is 9.28. The van der Waals surface area contributed by atoms with Crippen molar-refractivity contribution in [2.75, 3.05) is 14.7 Å². The Morgan fingerprint density at radius 2 is 0.844 bits per heavy atom. The van der Waals surface area contributed by atoms with Gasteiger partial charge in [0.15, 0.2) is 0 Å². The second-order valence-electron chi connectivity index (χ2n) is 26.0. The summed E-state index contributed by atoms with van der Waals surface area (Å²) in [5.74, 6) is 0. The van der Waals surface area contributed by atoms with Gasteiger partial charge in [-0.25, -0.2) is 0 Å². The summed E-state index contributed by atoms with van der Waals surface area (Å²) in [6.07, 6.45) is 4.68. The fraction of sp³-hybridized carbons (Fsp3) is 0.260. The van der Waals surface area contributed by atoms with E-state index in [2.05, 4.69) is 278 Å². The molecule has 1 saturated carbocycles. The highest BCUT2D eigenvalue weighted by Crippen LogP contribution is 2.63. The van der Waals surface area contributed by atoms with Crippen LogP contribution in [0.3, 0.4) is 0 Å². The number of para-hydroxylation sites is 2. The van der Waals surface area contributed by atoms with Crippen LogP contribution in [-0.4, -0.2) is 12.3 Å². The molecule has 0 aromatic heterocycles. The van der Waals surface area contributed by atoms with Crippen molar-refractivity contribution in [1.82, 2.24) is 0 Å². The van der Waals surface area contributed by atoms with Crippen molar-refractivity contribution in [3.63, 3.8) is 0 Å². The summed E-state index contributed by atoms with van der Waals surface area (Å²) >= 11 is 0. The van der Waals surface area contributed by atoms with Crippen molar-refractivity contribution in [3.05, 3.63) is 222 Å². The maximum Gasteiger partial charge on any atom is 0.252 e. The van der Waals surface area contributed by atoms with Gasteiger partial charge in [-0.15, -0.1) is 0 Å². The lowest BCUT2D eigenvalue weighted by Crippen LogP contribution is -2.67. The Morgan fingerprint density at radius 3 is 1.36 bits per heavy atom. The van der Waals surface area contributed by atoms with E-state index in [-0.39, 0.29) is 33.9 Å². The van der Waals surface area contributed by atoms with E-state index >= 15 is 0 Å². The molecule has 0 radical (unpaired) electrons. The fourth-order valence-electron chi connectivity index (χ4n) is 15.0. The van der Waals surface area contributed by atoms with Crippen molar-refractivity contribution in [1.29, 1.82) is 0 Å². The Bertz CT molecular complexity index is 3670. The first kappa shape index (κ1) is 47.9. The lowest BCUT2D eigenvalue weighted by Gasteiger charge is -2.52. The maximum absolute atomic E-state index is 2.82. The molecule has 0 saturated heterocycles. The van der Waals surface area contributed by atoms with E-state index in [1.807, 2.05) is 0 Å². The summed E-state index contributed by atoms with van der Waals surface area (Å²) in [4.78, 5) is 8.19.